The standard InChI is InChI=1S/C17H25N3O5/c1-6-23-17(22)15(19-20-18)16(21)12-7-8-13(24-10(2)3)14(9-12)25-11(4)5/h7-11,15-16,21H,6H2,1-5H3. The summed E-state index contributed by atoms with van der Waals surface area (Å²) in [5, 5.41) is 13.8. The molecule has 0 aromatic heterocycles. The second-order valence-electron chi connectivity index (χ2n) is 5.89. The first-order chi connectivity index (χ1) is 11.8. The molecule has 138 valence electrons. The minimum absolute atomic E-state index is 0.0549. The second-order valence-corrected chi connectivity index (χ2v) is 5.89. The molecule has 1 N–H and O–H groups in total. The number of nitrogens with zero attached hydrogens (tertiary/aromatic N) is 3. The molecule has 0 amide bonds. The number of carbonyl (C=O) groups excluding carboxylic acids is 1. The average molecular weight is 351 g/mol. The van der Waals surface area contributed by atoms with Gasteiger partial charge in [0.15, 0.2) is 17.5 Å². The van der Waals surface area contributed by atoms with Crippen molar-refractivity contribution >= 4 is 5.97 Å². The number of hydrogen-bond donors (Lipinski definition) is 1. The Bertz CT molecular complexity index is 627. The lowest BCUT2D eigenvalue weighted by atomic mass is 10.0. The minimum Gasteiger partial charge on any atom is -0.487 e. The fraction of sp³-hybridized carbons (Fsp3) is 0.588. The summed E-state index contributed by atoms with van der Waals surface area (Å²) in [6, 6.07) is 3.43. The number of hydrogen-bond acceptors (Lipinski definition) is 6. The van der Waals surface area contributed by atoms with Crippen LogP contribution in [0.3, 0.4) is 0 Å². The summed E-state index contributed by atoms with van der Waals surface area (Å²) >= 11 is 0. The third kappa shape index (κ3) is 6.17. The van der Waals surface area contributed by atoms with Crippen LogP contribution in [0.1, 0.15) is 46.3 Å². The SMILES string of the molecule is CCOC(=O)C(N=[N+]=[N-])C(O)c1ccc(OC(C)C)c(OC(C)C)c1. The van der Waals surface area contributed by atoms with Crippen molar-refractivity contribution in [2.75, 3.05) is 6.61 Å². The maximum atomic E-state index is 11.9. The first-order valence-corrected chi connectivity index (χ1v) is 8.16. The lowest BCUT2D eigenvalue weighted by Gasteiger charge is -2.21. The highest BCUT2D eigenvalue weighted by Crippen LogP contribution is 2.33. The zero-order chi connectivity index (χ0) is 19.0. The van der Waals surface area contributed by atoms with Gasteiger partial charge in [0.05, 0.1) is 24.9 Å². The van der Waals surface area contributed by atoms with Crippen LogP contribution in [-0.4, -0.2) is 35.9 Å². The fourth-order valence-electron chi connectivity index (χ4n) is 2.11. The molecule has 2 atom stereocenters. The van der Waals surface area contributed by atoms with E-state index in [1.807, 2.05) is 27.7 Å². The maximum absolute atomic E-state index is 11.9. The number of azide groups is 1. The molecule has 1 aromatic rings. The highest BCUT2D eigenvalue weighted by atomic mass is 16.5. The van der Waals surface area contributed by atoms with Crippen LogP contribution in [0.4, 0.5) is 0 Å². The molecule has 0 fully saturated rings. The number of esters is 1. The topological polar surface area (TPSA) is 114 Å². The maximum Gasteiger partial charge on any atom is 0.317 e. The van der Waals surface area contributed by atoms with E-state index in [0.29, 0.717) is 17.1 Å². The lowest BCUT2D eigenvalue weighted by Crippen LogP contribution is -2.28. The van der Waals surface area contributed by atoms with Gasteiger partial charge in [-0.05, 0) is 57.8 Å². The third-order valence-electron chi connectivity index (χ3n) is 3.04. The van der Waals surface area contributed by atoms with E-state index in [9.17, 15) is 9.90 Å². The van der Waals surface area contributed by atoms with E-state index >= 15 is 0 Å². The average Bonchev–Trinajstić information content (AvgIpc) is 2.52. The van der Waals surface area contributed by atoms with Gasteiger partial charge in [-0.1, -0.05) is 11.2 Å². The van der Waals surface area contributed by atoms with Crippen LogP contribution in [0.2, 0.25) is 0 Å². The Morgan fingerprint density at radius 1 is 1.20 bits per heavy atom. The number of rotatable bonds is 9. The number of ether oxygens (including phenoxy) is 3. The summed E-state index contributed by atoms with van der Waals surface area (Å²) in [7, 11) is 0. The van der Waals surface area contributed by atoms with Crippen molar-refractivity contribution < 1.29 is 24.1 Å². The molecule has 0 aliphatic heterocycles. The molecule has 1 rings (SSSR count). The van der Waals surface area contributed by atoms with Crippen molar-refractivity contribution in [2.45, 2.75) is 59.0 Å². The summed E-state index contributed by atoms with van der Waals surface area (Å²) < 4.78 is 16.3. The number of carbonyl (C=O) groups is 1. The molecule has 0 aliphatic rings. The van der Waals surface area contributed by atoms with Crippen LogP contribution >= 0.6 is 0 Å². The zero-order valence-corrected chi connectivity index (χ0v) is 15.2. The Labute approximate surface area is 147 Å². The molecular weight excluding hydrogens is 326 g/mol. The molecular formula is C17H25N3O5. The first kappa shape index (κ1) is 20.6. The predicted molar refractivity (Wildman–Crippen MR) is 92.5 cm³/mol. The predicted octanol–water partition coefficient (Wildman–Crippen LogP) is 3.54. The van der Waals surface area contributed by atoms with E-state index < -0.39 is 18.1 Å². The monoisotopic (exact) mass is 351 g/mol. The largest absolute Gasteiger partial charge is 0.487 e. The van der Waals surface area contributed by atoms with Crippen LogP contribution in [0, 0.1) is 0 Å². The molecule has 8 heteroatoms. The molecule has 0 spiro atoms. The van der Waals surface area contributed by atoms with Gasteiger partial charge in [-0.15, -0.1) is 0 Å². The van der Waals surface area contributed by atoms with Crippen LogP contribution in [0.5, 0.6) is 11.5 Å². The van der Waals surface area contributed by atoms with Gasteiger partial charge < -0.3 is 19.3 Å². The van der Waals surface area contributed by atoms with E-state index in [0.717, 1.165) is 0 Å². The molecule has 2 unspecified atom stereocenters. The summed E-state index contributed by atoms with van der Waals surface area (Å²) in [6.45, 7) is 9.25. The van der Waals surface area contributed by atoms with Crippen LogP contribution in [0.15, 0.2) is 23.3 Å². The van der Waals surface area contributed by atoms with Gasteiger partial charge in [-0.2, -0.15) is 0 Å². The highest BCUT2D eigenvalue weighted by Gasteiger charge is 2.29. The summed E-state index contributed by atoms with van der Waals surface area (Å²) in [5.74, 6) is 0.168. The van der Waals surface area contributed by atoms with Gasteiger partial charge >= 0.3 is 5.97 Å². The molecule has 0 saturated heterocycles. The Balaban J connectivity index is 3.20. The third-order valence-corrected chi connectivity index (χ3v) is 3.04. The van der Waals surface area contributed by atoms with E-state index in [4.69, 9.17) is 19.7 Å². The molecule has 25 heavy (non-hydrogen) atoms. The minimum atomic E-state index is -1.38. The molecule has 0 bridgehead atoms. The quantitative estimate of drug-likeness (QED) is 0.316. The fourth-order valence-corrected chi connectivity index (χ4v) is 2.11. The van der Waals surface area contributed by atoms with Crippen molar-refractivity contribution in [1.82, 2.24) is 0 Å². The van der Waals surface area contributed by atoms with Gasteiger partial charge in [-0.3, -0.25) is 4.79 Å². The Hall–Kier alpha value is -2.44. The van der Waals surface area contributed by atoms with Gasteiger partial charge in [0.1, 0.15) is 0 Å². The van der Waals surface area contributed by atoms with Crippen molar-refractivity contribution in [1.29, 1.82) is 0 Å². The van der Waals surface area contributed by atoms with Crippen LogP contribution < -0.4 is 9.47 Å². The molecule has 8 nitrogen and oxygen atoms in total. The van der Waals surface area contributed by atoms with Crippen LogP contribution in [-0.2, 0) is 9.53 Å². The smallest absolute Gasteiger partial charge is 0.317 e. The Kier molecular flexibility index (Phi) is 8.04. The molecule has 0 aliphatic carbocycles. The van der Waals surface area contributed by atoms with Crippen molar-refractivity contribution in [3.05, 3.63) is 34.2 Å². The highest BCUT2D eigenvalue weighted by molar-refractivity contribution is 5.77. The summed E-state index contributed by atoms with van der Waals surface area (Å²) in [5.41, 5.74) is 9.02. The van der Waals surface area contributed by atoms with E-state index in [1.54, 1.807) is 25.1 Å². The number of aliphatic hydroxyl groups excluding tert-OH is 1. The lowest BCUT2D eigenvalue weighted by molar-refractivity contribution is -0.147. The van der Waals surface area contributed by atoms with Gasteiger partial charge in [0.25, 0.3) is 0 Å². The normalized spacial score (nSPS) is 13.1. The Morgan fingerprint density at radius 3 is 2.32 bits per heavy atom. The molecule has 0 saturated carbocycles. The number of benzene rings is 1. The van der Waals surface area contributed by atoms with Crippen LogP contribution in [0.25, 0.3) is 10.4 Å². The summed E-state index contributed by atoms with van der Waals surface area (Å²) in [4.78, 5) is 14.5. The summed E-state index contributed by atoms with van der Waals surface area (Å²) in [6.07, 6.45) is -1.53. The van der Waals surface area contributed by atoms with E-state index in [1.165, 1.54) is 0 Å². The van der Waals surface area contributed by atoms with Gasteiger partial charge in [0, 0.05) is 4.91 Å². The Morgan fingerprint density at radius 2 is 1.80 bits per heavy atom. The first-order valence-electron chi connectivity index (χ1n) is 8.16. The molecule has 0 radical (unpaired) electrons. The van der Waals surface area contributed by atoms with Crippen molar-refractivity contribution in [3.8, 4) is 11.5 Å². The zero-order valence-electron chi connectivity index (χ0n) is 15.2. The van der Waals surface area contributed by atoms with Crippen molar-refractivity contribution in [2.24, 2.45) is 5.11 Å². The van der Waals surface area contributed by atoms with Gasteiger partial charge in [0.2, 0.25) is 0 Å². The van der Waals surface area contributed by atoms with Gasteiger partial charge in [-0.25, -0.2) is 0 Å². The van der Waals surface area contributed by atoms with Crippen molar-refractivity contribution in [3.63, 3.8) is 0 Å². The van der Waals surface area contributed by atoms with E-state index in [2.05, 4.69) is 10.0 Å². The number of aliphatic hydroxyl groups is 1. The van der Waals surface area contributed by atoms with E-state index in [-0.39, 0.29) is 18.8 Å². The molecule has 1 aromatic carbocycles. The second kappa shape index (κ2) is 9.76. The molecule has 0 heterocycles.